The fourth-order valence-corrected chi connectivity index (χ4v) is 0. The second-order valence-corrected chi connectivity index (χ2v) is 10.7. The van der Waals surface area contributed by atoms with E-state index in [0.717, 1.165) is 0 Å². The van der Waals surface area contributed by atoms with Gasteiger partial charge in [0.05, 0.1) is 0 Å². The first-order chi connectivity index (χ1) is 4.46. The Hall–Kier alpha value is 1.59. The summed E-state index contributed by atoms with van der Waals surface area (Å²) >= 11 is 20.6. The van der Waals surface area contributed by atoms with Gasteiger partial charge in [-0.05, 0) is 13.1 Å². The maximum absolute atomic E-state index is 5.14. The molecule has 0 saturated heterocycles. The predicted octanol–water partition coefficient (Wildman–Crippen LogP) is 4.19. The molecule has 0 aromatic rings. The lowest BCUT2D eigenvalue weighted by molar-refractivity contribution is 1.50. The second kappa shape index (κ2) is 16.9. The van der Waals surface area contributed by atoms with E-state index in [1.165, 1.54) is 0 Å². The van der Waals surface area contributed by atoms with Crippen molar-refractivity contribution in [3.8, 4) is 0 Å². The normalized spacial score (nSPS) is 7.80. The minimum Gasteiger partial charge on any atom is -0.147 e. The summed E-state index contributed by atoms with van der Waals surface area (Å²) in [5.41, 5.74) is 0. The third-order valence-electron chi connectivity index (χ3n) is 0. The molecular formula is C4H12Cl4Si2. The van der Waals surface area contributed by atoms with Crippen LogP contribution in [-0.4, -0.2) is 14.8 Å². The molecule has 0 aliphatic rings. The van der Waals surface area contributed by atoms with Gasteiger partial charge in [-0.2, -0.15) is 0 Å². The van der Waals surface area contributed by atoms with Gasteiger partial charge in [-0.25, -0.2) is 0 Å². The summed E-state index contributed by atoms with van der Waals surface area (Å²) in [5, 5.41) is 0. The molecule has 0 nitrogen and oxygen atoms in total. The van der Waals surface area contributed by atoms with Crippen molar-refractivity contribution in [3.63, 3.8) is 0 Å². The van der Waals surface area contributed by atoms with Gasteiger partial charge in [0.1, 0.15) is 0 Å². The third kappa shape index (κ3) is 279. The topological polar surface area (TPSA) is 0 Å². The molecule has 2 radical (unpaired) electrons. The van der Waals surface area contributed by atoms with E-state index in [4.69, 9.17) is 44.3 Å². The van der Waals surface area contributed by atoms with Crippen molar-refractivity contribution in [2.24, 2.45) is 0 Å². The summed E-state index contributed by atoms with van der Waals surface area (Å²) in [7, 11) is -1.87. The largest absolute Gasteiger partial charge is 0.270 e. The van der Waals surface area contributed by atoms with Crippen LogP contribution in [0.2, 0.25) is 13.1 Å². The lowest BCUT2D eigenvalue weighted by atomic mass is 11.0. The van der Waals surface area contributed by atoms with Crippen LogP contribution in [0.25, 0.3) is 0 Å². The van der Waals surface area contributed by atoms with Crippen molar-refractivity contribution >= 4 is 59.1 Å². The van der Waals surface area contributed by atoms with Gasteiger partial charge in [-0.15, -0.1) is 44.3 Å². The van der Waals surface area contributed by atoms with Gasteiger partial charge < -0.3 is 0 Å². The minimum atomic E-state index is -0.935. The van der Waals surface area contributed by atoms with Crippen molar-refractivity contribution in [3.05, 3.63) is 0 Å². The van der Waals surface area contributed by atoms with Gasteiger partial charge in [0.2, 0.25) is 0 Å². The maximum atomic E-state index is 5.14. The Bertz CT molecular complexity index is 30.7. The molecule has 0 amide bonds. The van der Waals surface area contributed by atoms with Crippen molar-refractivity contribution in [1.82, 2.24) is 0 Å². The lowest BCUT2D eigenvalue weighted by Gasteiger charge is -1.66. The first-order valence-electron chi connectivity index (χ1n) is 2.76. The molecule has 0 spiro atoms. The van der Waals surface area contributed by atoms with Crippen molar-refractivity contribution in [2.75, 3.05) is 0 Å². The Morgan fingerprint density at radius 1 is 0.700 bits per heavy atom. The van der Waals surface area contributed by atoms with Gasteiger partial charge >= 0.3 is 0 Å². The summed E-state index contributed by atoms with van der Waals surface area (Å²) in [5.74, 6) is 0. The van der Waals surface area contributed by atoms with E-state index in [2.05, 4.69) is 0 Å². The molecule has 0 aromatic heterocycles. The standard InChI is InChI=1S/C2H6.2CH3Cl2Si/c1-2;2*1-4(2)3/h1-2H3;2*1H3. The molecule has 0 bridgehead atoms. The van der Waals surface area contributed by atoms with E-state index < -0.39 is 14.8 Å². The molecule has 0 aliphatic carbocycles. The number of halogens is 4. The summed E-state index contributed by atoms with van der Waals surface area (Å²) in [6.07, 6.45) is 0. The van der Waals surface area contributed by atoms with E-state index >= 15 is 0 Å². The summed E-state index contributed by atoms with van der Waals surface area (Å²) < 4.78 is 0. The monoisotopic (exact) mass is 256 g/mol. The highest BCUT2D eigenvalue weighted by molar-refractivity contribution is 7.33. The van der Waals surface area contributed by atoms with Crippen LogP contribution >= 0.6 is 44.3 Å². The highest BCUT2D eigenvalue weighted by Gasteiger charge is 1.83. The molecule has 0 rings (SSSR count). The molecule has 0 N–H and O–H groups in total. The van der Waals surface area contributed by atoms with Crippen LogP contribution in [0.1, 0.15) is 13.8 Å². The molecule has 64 valence electrons. The van der Waals surface area contributed by atoms with Crippen molar-refractivity contribution in [1.29, 1.82) is 0 Å². The van der Waals surface area contributed by atoms with E-state index in [1.807, 2.05) is 13.8 Å². The Morgan fingerprint density at radius 2 is 0.700 bits per heavy atom. The molecule has 0 atom stereocenters. The van der Waals surface area contributed by atoms with Crippen LogP contribution in [0, 0.1) is 0 Å². The Labute approximate surface area is 85.8 Å². The van der Waals surface area contributed by atoms with E-state index in [9.17, 15) is 0 Å². The molecular weight excluding hydrogens is 246 g/mol. The van der Waals surface area contributed by atoms with Gasteiger partial charge in [0.15, 0.2) is 0 Å². The Morgan fingerprint density at radius 3 is 0.700 bits per heavy atom. The van der Waals surface area contributed by atoms with Gasteiger partial charge in [0.25, 0.3) is 14.8 Å². The molecule has 0 saturated carbocycles. The zero-order valence-electron chi connectivity index (χ0n) is 6.51. The maximum Gasteiger partial charge on any atom is 0.270 e. The van der Waals surface area contributed by atoms with Crippen molar-refractivity contribution in [2.45, 2.75) is 26.9 Å². The van der Waals surface area contributed by atoms with Crippen LogP contribution in [0.15, 0.2) is 0 Å². The van der Waals surface area contributed by atoms with Crippen LogP contribution in [0.5, 0.6) is 0 Å². The van der Waals surface area contributed by atoms with E-state index in [-0.39, 0.29) is 0 Å². The molecule has 10 heavy (non-hydrogen) atoms. The average Bonchev–Trinajstić information content (AvgIpc) is 1.66. The van der Waals surface area contributed by atoms with E-state index in [1.54, 1.807) is 13.1 Å². The Kier molecular flexibility index (Phi) is 29.8. The fraction of sp³-hybridized carbons (Fsp3) is 1.00. The smallest absolute Gasteiger partial charge is 0.147 e. The fourth-order valence-electron chi connectivity index (χ4n) is 0. The first kappa shape index (κ1) is 17.6. The summed E-state index contributed by atoms with van der Waals surface area (Å²) in [6, 6.07) is 0. The predicted molar refractivity (Wildman–Crippen MR) is 58.0 cm³/mol. The molecule has 0 aromatic carbocycles. The van der Waals surface area contributed by atoms with Crippen LogP contribution < -0.4 is 0 Å². The number of hydrogen-bond acceptors (Lipinski definition) is 0. The quantitative estimate of drug-likeness (QED) is 0.451. The van der Waals surface area contributed by atoms with Gasteiger partial charge in [0, 0.05) is 0 Å². The highest BCUT2D eigenvalue weighted by Crippen LogP contribution is 1.89. The van der Waals surface area contributed by atoms with E-state index in [0.29, 0.717) is 0 Å². The number of rotatable bonds is 0. The summed E-state index contributed by atoms with van der Waals surface area (Å²) in [6.45, 7) is 7.60. The van der Waals surface area contributed by atoms with Crippen LogP contribution in [0.4, 0.5) is 0 Å². The number of hydrogen-bond donors (Lipinski definition) is 0. The molecule has 0 fully saturated rings. The second-order valence-electron chi connectivity index (χ2n) is 0.899. The first-order valence-corrected chi connectivity index (χ1v) is 10.8. The Balaban J connectivity index is -0.0000000787. The van der Waals surface area contributed by atoms with Gasteiger partial charge in [-0.3, -0.25) is 0 Å². The van der Waals surface area contributed by atoms with Crippen LogP contribution in [-0.2, 0) is 0 Å². The SMILES string of the molecule is CC.C[Si](Cl)Cl.C[Si](Cl)Cl. The molecule has 0 aliphatic heterocycles. The minimum absolute atomic E-state index is 0.935. The third-order valence-corrected chi connectivity index (χ3v) is 0. The molecule has 0 heterocycles. The van der Waals surface area contributed by atoms with Crippen LogP contribution in [0.3, 0.4) is 0 Å². The lowest BCUT2D eigenvalue weighted by Crippen LogP contribution is -1.72. The zero-order chi connectivity index (χ0) is 9.15. The summed E-state index contributed by atoms with van der Waals surface area (Å²) in [4.78, 5) is 0. The average molecular weight is 258 g/mol. The zero-order valence-corrected chi connectivity index (χ0v) is 11.5. The van der Waals surface area contributed by atoms with Gasteiger partial charge in [-0.1, -0.05) is 13.8 Å². The molecule has 6 heteroatoms. The molecule has 0 unspecified atom stereocenters. The van der Waals surface area contributed by atoms with Crippen molar-refractivity contribution < 1.29 is 0 Å². The highest BCUT2D eigenvalue weighted by atomic mass is 35.7.